The van der Waals surface area contributed by atoms with Crippen LogP contribution < -0.4 is 15.4 Å². The third-order valence-corrected chi connectivity index (χ3v) is 4.61. The van der Waals surface area contributed by atoms with E-state index in [0.29, 0.717) is 6.54 Å². The molecule has 2 N–H and O–H groups in total. The molecule has 1 heterocycles. The molecule has 0 unspecified atom stereocenters. The Balaban J connectivity index is 1.91. The van der Waals surface area contributed by atoms with Crippen LogP contribution in [0.25, 0.3) is 0 Å². The second-order valence-corrected chi connectivity index (χ2v) is 8.51. The Hall–Kier alpha value is -1.79. The molecule has 0 spiro atoms. The number of hydrogen-bond donors (Lipinski definition) is 2. The van der Waals surface area contributed by atoms with Crippen molar-refractivity contribution < 1.29 is 9.47 Å². The van der Waals surface area contributed by atoms with Crippen molar-refractivity contribution in [3.05, 3.63) is 29.8 Å². The van der Waals surface area contributed by atoms with E-state index >= 15 is 0 Å². The summed E-state index contributed by atoms with van der Waals surface area (Å²) >= 11 is 0. The van der Waals surface area contributed by atoms with Crippen LogP contribution >= 0.6 is 0 Å². The van der Waals surface area contributed by atoms with Crippen LogP contribution in [0, 0.1) is 0 Å². The van der Waals surface area contributed by atoms with Gasteiger partial charge in [0.05, 0.1) is 13.2 Å². The summed E-state index contributed by atoms with van der Waals surface area (Å²) in [6, 6.07) is 8.13. The third-order valence-electron chi connectivity index (χ3n) is 4.61. The summed E-state index contributed by atoms with van der Waals surface area (Å²) < 4.78 is 11.5. The summed E-state index contributed by atoms with van der Waals surface area (Å²) in [6.07, 6.45) is 0. The molecule has 0 aromatic heterocycles. The van der Waals surface area contributed by atoms with Crippen molar-refractivity contribution in [3.63, 3.8) is 0 Å². The number of benzene rings is 1. The quantitative estimate of drug-likeness (QED) is 0.590. The molecule has 6 heteroatoms. The van der Waals surface area contributed by atoms with E-state index in [9.17, 15) is 0 Å². The maximum atomic E-state index is 6.07. The van der Waals surface area contributed by atoms with Crippen LogP contribution in [0.3, 0.4) is 0 Å². The molecular formula is C21H36N4O2. The largest absolute Gasteiger partial charge is 0.488 e. The average Bonchev–Trinajstić information content (AvgIpc) is 2.62. The van der Waals surface area contributed by atoms with Gasteiger partial charge in [0.15, 0.2) is 5.96 Å². The lowest BCUT2D eigenvalue weighted by molar-refractivity contribution is -0.00834. The molecule has 152 valence electrons. The highest BCUT2D eigenvalue weighted by Gasteiger charge is 2.28. The van der Waals surface area contributed by atoms with Gasteiger partial charge in [0.25, 0.3) is 0 Å². The molecule has 0 aliphatic carbocycles. The lowest BCUT2D eigenvalue weighted by Crippen LogP contribution is -2.56. The topological polar surface area (TPSA) is 58.1 Å². The van der Waals surface area contributed by atoms with Gasteiger partial charge >= 0.3 is 0 Å². The number of para-hydroxylation sites is 1. The number of hydrogen-bond acceptors (Lipinski definition) is 4. The molecule has 1 aliphatic rings. The minimum atomic E-state index is -0.224. The molecule has 1 aliphatic heterocycles. The number of aliphatic imine (C=N–C) groups is 1. The molecular weight excluding hydrogens is 340 g/mol. The first-order valence-corrected chi connectivity index (χ1v) is 9.75. The summed E-state index contributed by atoms with van der Waals surface area (Å²) in [6.45, 7) is 15.7. The van der Waals surface area contributed by atoms with Gasteiger partial charge in [0, 0.05) is 44.3 Å². The van der Waals surface area contributed by atoms with Crippen molar-refractivity contribution in [2.24, 2.45) is 4.99 Å². The van der Waals surface area contributed by atoms with Gasteiger partial charge < -0.3 is 20.1 Å². The van der Waals surface area contributed by atoms with E-state index in [1.165, 1.54) is 0 Å². The summed E-state index contributed by atoms with van der Waals surface area (Å²) in [5.41, 5.74) is 0.926. The first-order valence-electron chi connectivity index (χ1n) is 9.75. The maximum Gasteiger partial charge on any atom is 0.191 e. The highest BCUT2D eigenvalue weighted by atomic mass is 16.5. The standard InChI is InChI=1S/C21H36N4O2/c1-20(2,3)27-18-10-8-7-9-17(18)15-23-19(22-6)24-16-21(4,5)25-11-13-26-14-12-25/h7-10H,11-16H2,1-6H3,(H2,22,23,24). The zero-order valence-electron chi connectivity index (χ0n) is 17.8. The fourth-order valence-electron chi connectivity index (χ4n) is 3.06. The zero-order chi connectivity index (χ0) is 19.9. The second-order valence-electron chi connectivity index (χ2n) is 8.51. The van der Waals surface area contributed by atoms with Crippen molar-refractivity contribution >= 4 is 5.96 Å². The monoisotopic (exact) mass is 376 g/mol. The summed E-state index contributed by atoms with van der Waals surface area (Å²) in [7, 11) is 1.80. The van der Waals surface area contributed by atoms with E-state index in [2.05, 4.69) is 61.2 Å². The molecule has 1 saturated heterocycles. The van der Waals surface area contributed by atoms with Crippen LogP contribution in [-0.2, 0) is 11.3 Å². The lowest BCUT2D eigenvalue weighted by atomic mass is 10.0. The van der Waals surface area contributed by atoms with Gasteiger partial charge in [-0.2, -0.15) is 0 Å². The normalized spacial score (nSPS) is 16.9. The van der Waals surface area contributed by atoms with Crippen LogP contribution in [0.4, 0.5) is 0 Å². The Kier molecular flexibility index (Phi) is 7.50. The molecule has 0 saturated carbocycles. The predicted octanol–water partition coefficient (Wildman–Crippen LogP) is 2.64. The van der Waals surface area contributed by atoms with Gasteiger partial charge in [0.2, 0.25) is 0 Å². The van der Waals surface area contributed by atoms with Crippen molar-refractivity contribution in [2.45, 2.75) is 52.3 Å². The van der Waals surface area contributed by atoms with Gasteiger partial charge in [-0.3, -0.25) is 9.89 Å². The van der Waals surface area contributed by atoms with Gasteiger partial charge in [-0.25, -0.2) is 0 Å². The van der Waals surface area contributed by atoms with E-state index in [1.54, 1.807) is 7.05 Å². The first kappa shape index (κ1) is 21.5. The Morgan fingerprint density at radius 1 is 1.11 bits per heavy atom. The molecule has 1 aromatic carbocycles. The minimum absolute atomic E-state index is 0.0364. The maximum absolute atomic E-state index is 6.07. The van der Waals surface area contributed by atoms with Crippen molar-refractivity contribution in [1.82, 2.24) is 15.5 Å². The molecule has 0 bridgehead atoms. The van der Waals surface area contributed by atoms with Crippen LogP contribution in [0.15, 0.2) is 29.3 Å². The van der Waals surface area contributed by atoms with Crippen LogP contribution in [-0.4, -0.2) is 61.9 Å². The fraction of sp³-hybridized carbons (Fsp3) is 0.667. The number of nitrogens with zero attached hydrogens (tertiary/aromatic N) is 2. The zero-order valence-corrected chi connectivity index (χ0v) is 17.8. The lowest BCUT2D eigenvalue weighted by Gasteiger charge is -2.41. The minimum Gasteiger partial charge on any atom is -0.488 e. The van der Waals surface area contributed by atoms with Gasteiger partial charge in [-0.1, -0.05) is 18.2 Å². The highest BCUT2D eigenvalue weighted by Crippen LogP contribution is 2.22. The Morgan fingerprint density at radius 3 is 2.41 bits per heavy atom. The van der Waals surface area contributed by atoms with Gasteiger partial charge in [-0.15, -0.1) is 0 Å². The van der Waals surface area contributed by atoms with Crippen molar-refractivity contribution in [3.8, 4) is 5.75 Å². The molecule has 1 aromatic rings. The molecule has 1 fully saturated rings. The van der Waals surface area contributed by atoms with E-state index < -0.39 is 0 Å². The van der Waals surface area contributed by atoms with Gasteiger partial charge in [-0.05, 0) is 40.7 Å². The van der Waals surface area contributed by atoms with Crippen LogP contribution in [0.2, 0.25) is 0 Å². The molecule has 2 rings (SSSR count). The van der Waals surface area contributed by atoms with E-state index in [4.69, 9.17) is 9.47 Å². The van der Waals surface area contributed by atoms with Crippen LogP contribution in [0.5, 0.6) is 5.75 Å². The smallest absolute Gasteiger partial charge is 0.191 e. The fourth-order valence-corrected chi connectivity index (χ4v) is 3.06. The number of nitrogens with one attached hydrogen (secondary N) is 2. The Labute approximate surface area is 164 Å². The van der Waals surface area contributed by atoms with E-state index in [-0.39, 0.29) is 11.1 Å². The van der Waals surface area contributed by atoms with Crippen molar-refractivity contribution in [1.29, 1.82) is 0 Å². The molecule has 0 amide bonds. The van der Waals surface area contributed by atoms with E-state index in [1.807, 2.05) is 18.2 Å². The van der Waals surface area contributed by atoms with Crippen molar-refractivity contribution in [2.75, 3.05) is 39.9 Å². The average molecular weight is 377 g/mol. The summed E-state index contributed by atoms with van der Waals surface area (Å²) in [5, 5.41) is 6.86. The predicted molar refractivity (Wildman–Crippen MR) is 111 cm³/mol. The van der Waals surface area contributed by atoms with E-state index in [0.717, 1.165) is 50.1 Å². The molecule has 0 radical (unpaired) electrons. The SMILES string of the molecule is CN=C(NCc1ccccc1OC(C)(C)C)NCC(C)(C)N1CCOCC1. The first-order chi connectivity index (χ1) is 12.7. The number of rotatable bonds is 6. The molecule has 0 atom stereocenters. The summed E-state index contributed by atoms with van der Waals surface area (Å²) in [4.78, 5) is 6.83. The Bertz CT molecular complexity index is 617. The Morgan fingerprint density at radius 2 is 1.78 bits per heavy atom. The number of morpholine rings is 1. The second kappa shape index (κ2) is 9.42. The highest BCUT2D eigenvalue weighted by molar-refractivity contribution is 5.79. The number of guanidine groups is 1. The molecule has 6 nitrogen and oxygen atoms in total. The molecule has 27 heavy (non-hydrogen) atoms. The summed E-state index contributed by atoms with van der Waals surface area (Å²) in [5.74, 6) is 1.70. The van der Waals surface area contributed by atoms with Crippen LogP contribution in [0.1, 0.15) is 40.2 Å². The number of ether oxygens (including phenoxy) is 2. The third kappa shape index (κ3) is 7.03. The van der Waals surface area contributed by atoms with Gasteiger partial charge in [0.1, 0.15) is 11.4 Å².